The first-order valence-corrected chi connectivity index (χ1v) is 8.78. The van der Waals surface area contributed by atoms with E-state index in [0.29, 0.717) is 0 Å². The number of amides is 1. The van der Waals surface area contributed by atoms with Crippen molar-refractivity contribution in [3.8, 4) is 0 Å². The minimum atomic E-state index is -0.0409. The Morgan fingerprint density at radius 1 is 1.18 bits per heavy atom. The maximum atomic E-state index is 12.3. The first-order valence-electron chi connectivity index (χ1n) is 8.78. The maximum absolute atomic E-state index is 12.3. The molecule has 0 N–H and O–H groups in total. The summed E-state index contributed by atoms with van der Waals surface area (Å²) in [5.41, 5.74) is 2.83. The molecule has 118 valence electrons. The smallest absolute Gasteiger partial charge is 0.220 e. The molecular weight excluding hydrogens is 272 g/mol. The van der Waals surface area contributed by atoms with Gasteiger partial charge < -0.3 is 9.80 Å². The highest BCUT2D eigenvalue weighted by atomic mass is 16.2. The number of nitrogens with zero attached hydrogens (tertiary/aromatic N) is 2. The van der Waals surface area contributed by atoms with Gasteiger partial charge in [0.15, 0.2) is 0 Å². The van der Waals surface area contributed by atoms with Crippen LogP contribution in [0.15, 0.2) is 24.3 Å². The zero-order valence-electron chi connectivity index (χ0n) is 13.6. The van der Waals surface area contributed by atoms with Crippen molar-refractivity contribution < 1.29 is 4.79 Å². The molecule has 22 heavy (non-hydrogen) atoms. The second-order valence-electron chi connectivity index (χ2n) is 7.35. The quantitative estimate of drug-likeness (QED) is 0.838. The number of benzene rings is 1. The number of rotatable bonds is 2. The van der Waals surface area contributed by atoms with E-state index >= 15 is 0 Å². The molecule has 1 aromatic rings. The van der Waals surface area contributed by atoms with Crippen molar-refractivity contribution in [1.29, 1.82) is 0 Å². The molecule has 2 fully saturated rings. The van der Waals surface area contributed by atoms with Gasteiger partial charge in [0.2, 0.25) is 5.91 Å². The van der Waals surface area contributed by atoms with Crippen LogP contribution in [0.2, 0.25) is 0 Å². The van der Waals surface area contributed by atoms with E-state index < -0.39 is 0 Å². The van der Waals surface area contributed by atoms with E-state index in [1.54, 1.807) is 6.92 Å². The molecule has 0 atom stereocenters. The van der Waals surface area contributed by atoms with Crippen LogP contribution in [-0.2, 0) is 16.8 Å². The fourth-order valence-electron chi connectivity index (χ4n) is 4.55. The van der Waals surface area contributed by atoms with Gasteiger partial charge in [0.05, 0.1) is 5.54 Å². The molecular formula is C19H26N2O. The molecule has 4 rings (SSSR count). The minimum absolute atomic E-state index is 0.0409. The number of hydrogen-bond acceptors (Lipinski definition) is 2. The summed E-state index contributed by atoms with van der Waals surface area (Å²) in [6, 6.07) is 8.80. The van der Waals surface area contributed by atoms with E-state index in [0.717, 1.165) is 44.8 Å². The van der Waals surface area contributed by atoms with E-state index in [-0.39, 0.29) is 11.4 Å². The average Bonchev–Trinajstić information content (AvgIpc) is 3.34. The molecule has 3 aliphatic rings. The molecule has 1 amide bonds. The third-order valence-electron chi connectivity index (χ3n) is 5.92. The van der Waals surface area contributed by atoms with E-state index in [2.05, 4.69) is 34.1 Å². The van der Waals surface area contributed by atoms with Gasteiger partial charge in [-0.2, -0.15) is 0 Å². The molecule has 2 heterocycles. The van der Waals surface area contributed by atoms with Crippen molar-refractivity contribution in [3.05, 3.63) is 35.4 Å². The summed E-state index contributed by atoms with van der Waals surface area (Å²) in [6.07, 6.45) is 6.03. The molecule has 3 heteroatoms. The van der Waals surface area contributed by atoms with Gasteiger partial charge in [-0.15, -0.1) is 0 Å². The number of carbonyl (C=O) groups is 1. The van der Waals surface area contributed by atoms with Gasteiger partial charge in [0.1, 0.15) is 0 Å². The lowest BCUT2D eigenvalue weighted by Gasteiger charge is -2.52. The molecule has 2 aliphatic heterocycles. The van der Waals surface area contributed by atoms with E-state index in [4.69, 9.17) is 0 Å². The lowest BCUT2D eigenvalue weighted by Crippen LogP contribution is -2.57. The standard InChI is InChI=1S/C19H26N2O/c1-15(22)21-11-8-17-4-2-3-5-18(17)19(21)9-12-20(13-10-19)14-16-6-7-16/h2-5,16H,6-14H2,1H3. The third-order valence-corrected chi connectivity index (χ3v) is 5.92. The van der Waals surface area contributed by atoms with Crippen LogP contribution >= 0.6 is 0 Å². The first-order chi connectivity index (χ1) is 10.7. The molecule has 0 unspecified atom stereocenters. The topological polar surface area (TPSA) is 23.6 Å². The highest BCUT2D eigenvalue weighted by Gasteiger charge is 2.46. The Hall–Kier alpha value is -1.35. The van der Waals surface area contributed by atoms with Crippen LogP contribution in [0.25, 0.3) is 0 Å². The number of fused-ring (bicyclic) bond motifs is 2. The van der Waals surface area contributed by atoms with Gasteiger partial charge in [0, 0.05) is 33.1 Å². The van der Waals surface area contributed by atoms with Crippen LogP contribution in [0.5, 0.6) is 0 Å². The molecule has 3 nitrogen and oxygen atoms in total. The molecule has 0 aromatic heterocycles. The van der Waals surface area contributed by atoms with Crippen molar-refractivity contribution in [2.45, 2.75) is 44.6 Å². The largest absolute Gasteiger partial charge is 0.333 e. The van der Waals surface area contributed by atoms with Crippen LogP contribution in [0.3, 0.4) is 0 Å². The van der Waals surface area contributed by atoms with E-state index in [1.165, 1.54) is 30.5 Å². The third kappa shape index (κ3) is 2.36. The van der Waals surface area contributed by atoms with Crippen LogP contribution in [0.1, 0.15) is 43.7 Å². The predicted molar refractivity (Wildman–Crippen MR) is 87.6 cm³/mol. The highest BCUT2D eigenvalue weighted by molar-refractivity contribution is 5.75. The van der Waals surface area contributed by atoms with E-state index in [1.807, 2.05) is 0 Å². The second-order valence-corrected chi connectivity index (χ2v) is 7.35. The van der Waals surface area contributed by atoms with Crippen molar-refractivity contribution in [3.63, 3.8) is 0 Å². The number of likely N-dealkylation sites (tertiary alicyclic amines) is 1. The Morgan fingerprint density at radius 3 is 2.59 bits per heavy atom. The van der Waals surface area contributed by atoms with Crippen LogP contribution in [0.4, 0.5) is 0 Å². The Morgan fingerprint density at radius 2 is 1.91 bits per heavy atom. The Balaban J connectivity index is 1.62. The van der Waals surface area contributed by atoms with Gasteiger partial charge in [0.25, 0.3) is 0 Å². The number of piperidine rings is 1. The van der Waals surface area contributed by atoms with Gasteiger partial charge in [-0.3, -0.25) is 4.79 Å². The van der Waals surface area contributed by atoms with Crippen molar-refractivity contribution in [2.75, 3.05) is 26.2 Å². The zero-order valence-corrected chi connectivity index (χ0v) is 13.6. The number of carbonyl (C=O) groups excluding carboxylic acids is 1. The maximum Gasteiger partial charge on any atom is 0.220 e. The predicted octanol–water partition coefficient (Wildman–Crippen LogP) is 2.79. The van der Waals surface area contributed by atoms with Crippen molar-refractivity contribution in [1.82, 2.24) is 9.80 Å². The molecule has 1 saturated carbocycles. The van der Waals surface area contributed by atoms with Crippen molar-refractivity contribution >= 4 is 5.91 Å². The van der Waals surface area contributed by atoms with Gasteiger partial charge in [-0.25, -0.2) is 0 Å². The summed E-state index contributed by atoms with van der Waals surface area (Å²) in [5.74, 6) is 1.20. The normalized spacial score (nSPS) is 24.3. The molecule has 1 saturated heterocycles. The molecule has 0 radical (unpaired) electrons. The first kappa shape index (κ1) is 14.3. The van der Waals surface area contributed by atoms with Crippen molar-refractivity contribution in [2.24, 2.45) is 5.92 Å². The minimum Gasteiger partial charge on any atom is -0.333 e. The van der Waals surface area contributed by atoms with Gasteiger partial charge in [-0.1, -0.05) is 24.3 Å². The fourth-order valence-corrected chi connectivity index (χ4v) is 4.55. The Bertz CT molecular complexity index is 571. The summed E-state index contributed by atoms with van der Waals surface area (Å²) < 4.78 is 0. The van der Waals surface area contributed by atoms with Gasteiger partial charge in [-0.05, 0) is 49.1 Å². The second kappa shape index (κ2) is 5.38. The molecule has 1 spiro atoms. The summed E-state index contributed by atoms with van der Waals surface area (Å²) >= 11 is 0. The van der Waals surface area contributed by atoms with Crippen LogP contribution in [-0.4, -0.2) is 41.9 Å². The lowest BCUT2D eigenvalue weighted by molar-refractivity contribution is -0.139. The fraction of sp³-hybridized carbons (Fsp3) is 0.632. The molecule has 1 aliphatic carbocycles. The zero-order chi connectivity index (χ0) is 15.2. The molecule has 1 aromatic carbocycles. The Labute approximate surface area is 133 Å². The average molecular weight is 298 g/mol. The van der Waals surface area contributed by atoms with Crippen LogP contribution in [0, 0.1) is 5.92 Å². The Kier molecular flexibility index (Phi) is 3.48. The highest BCUT2D eigenvalue weighted by Crippen LogP contribution is 2.44. The monoisotopic (exact) mass is 298 g/mol. The van der Waals surface area contributed by atoms with Crippen LogP contribution < -0.4 is 0 Å². The summed E-state index contributed by atoms with van der Waals surface area (Å²) in [5, 5.41) is 0. The lowest BCUT2D eigenvalue weighted by atomic mass is 9.74. The van der Waals surface area contributed by atoms with Gasteiger partial charge >= 0.3 is 0 Å². The summed E-state index contributed by atoms with van der Waals surface area (Å²) in [4.78, 5) is 17.1. The summed E-state index contributed by atoms with van der Waals surface area (Å²) in [6.45, 7) is 6.17. The summed E-state index contributed by atoms with van der Waals surface area (Å²) in [7, 11) is 0. The SMILES string of the molecule is CC(=O)N1CCc2ccccc2C12CCN(CC1CC1)CC2. The number of hydrogen-bond donors (Lipinski definition) is 0. The molecule has 0 bridgehead atoms. The van der Waals surface area contributed by atoms with E-state index in [9.17, 15) is 4.79 Å².